The first kappa shape index (κ1) is 12.1. The van der Waals surface area contributed by atoms with Gasteiger partial charge in [-0.15, -0.1) is 0 Å². The summed E-state index contributed by atoms with van der Waals surface area (Å²) in [7, 11) is 0. The van der Waals surface area contributed by atoms with E-state index in [-0.39, 0.29) is 5.91 Å². The number of rotatable bonds is 5. The standard InChI is InChI=1S/C11H16N2OS/c1-9-3-2-4-10(7-9)13-11(14)8-15-6-5-12/h2-4,7H,5-6,8,12H2,1H3,(H,13,14). The molecule has 0 aliphatic heterocycles. The number of thioether (sulfide) groups is 1. The molecule has 1 rings (SSSR count). The van der Waals surface area contributed by atoms with Crippen LogP contribution in [0.2, 0.25) is 0 Å². The third-order valence-corrected chi connectivity index (χ3v) is 2.79. The Morgan fingerprint density at radius 2 is 2.33 bits per heavy atom. The molecule has 0 bridgehead atoms. The molecule has 0 aliphatic carbocycles. The highest BCUT2D eigenvalue weighted by Gasteiger charge is 2.01. The van der Waals surface area contributed by atoms with Gasteiger partial charge in [0.1, 0.15) is 0 Å². The van der Waals surface area contributed by atoms with Gasteiger partial charge in [0.15, 0.2) is 0 Å². The van der Waals surface area contributed by atoms with Crippen molar-refractivity contribution in [2.45, 2.75) is 6.92 Å². The van der Waals surface area contributed by atoms with Crippen molar-refractivity contribution in [2.75, 3.05) is 23.4 Å². The predicted molar refractivity (Wildman–Crippen MR) is 66.2 cm³/mol. The summed E-state index contributed by atoms with van der Waals surface area (Å²) >= 11 is 1.55. The SMILES string of the molecule is Cc1cccc(NC(=O)CSCCN)c1. The lowest BCUT2D eigenvalue weighted by molar-refractivity contribution is -0.113. The molecule has 0 fully saturated rings. The van der Waals surface area contributed by atoms with Gasteiger partial charge in [-0.3, -0.25) is 4.79 Å². The van der Waals surface area contributed by atoms with Crippen molar-refractivity contribution >= 4 is 23.4 Å². The first-order chi connectivity index (χ1) is 7.22. The maximum absolute atomic E-state index is 11.4. The van der Waals surface area contributed by atoms with Gasteiger partial charge < -0.3 is 11.1 Å². The van der Waals surface area contributed by atoms with E-state index < -0.39 is 0 Å². The molecule has 0 saturated carbocycles. The van der Waals surface area contributed by atoms with E-state index in [1.54, 1.807) is 11.8 Å². The largest absolute Gasteiger partial charge is 0.330 e. The number of amides is 1. The second-order valence-corrected chi connectivity index (χ2v) is 4.36. The van der Waals surface area contributed by atoms with Crippen LogP contribution in [0.1, 0.15) is 5.56 Å². The second kappa shape index (κ2) is 6.48. The van der Waals surface area contributed by atoms with Gasteiger partial charge in [-0.1, -0.05) is 12.1 Å². The van der Waals surface area contributed by atoms with E-state index in [9.17, 15) is 4.79 Å². The number of nitrogens with two attached hydrogens (primary N) is 1. The molecule has 0 unspecified atom stereocenters. The highest BCUT2D eigenvalue weighted by Crippen LogP contribution is 2.10. The number of carbonyl (C=O) groups is 1. The molecule has 0 radical (unpaired) electrons. The minimum Gasteiger partial charge on any atom is -0.330 e. The predicted octanol–water partition coefficient (Wildman–Crippen LogP) is 1.63. The van der Waals surface area contributed by atoms with Crippen LogP contribution in [-0.4, -0.2) is 24.0 Å². The van der Waals surface area contributed by atoms with E-state index in [0.717, 1.165) is 17.0 Å². The Morgan fingerprint density at radius 3 is 3.00 bits per heavy atom. The van der Waals surface area contributed by atoms with Crippen molar-refractivity contribution in [1.29, 1.82) is 0 Å². The first-order valence-corrected chi connectivity index (χ1v) is 6.02. The summed E-state index contributed by atoms with van der Waals surface area (Å²) in [6.07, 6.45) is 0. The van der Waals surface area contributed by atoms with Crippen molar-refractivity contribution in [1.82, 2.24) is 0 Å². The fraction of sp³-hybridized carbons (Fsp3) is 0.364. The van der Waals surface area contributed by atoms with E-state index in [0.29, 0.717) is 12.3 Å². The molecule has 0 atom stereocenters. The van der Waals surface area contributed by atoms with Crippen LogP contribution in [0.3, 0.4) is 0 Å². The molecular formula is C11H16N2OS. The van der Waals surface area contributed by atoms with Gasteiger partial charge in [0.25, 0.3) is 0 Å². The Kier molecular flexibility index (Phi) is 5.21. The van der Waals surface area contributed by atoms with Crippen LogP contribution in [-0.2, 0) is 4.79 Å². The Labute approximate surface area is 94.4 Å². The molecule has 0 saturated heterocycles. The number of anilines is 1. The lowest BCUT2D eigenvalue weighted by Crippen LogP contribution is -2.15. The van der Waals surface area contributed by atoms with Crippen LogP contribution in [0.25, 0.3) is 0 Å². The van der Waals surface area contributed by atoms with Gasteiger partial charge >= 0.3 is 0 Å². The Balaban J connectivity index is 2.37. The van der Waals surface area contributed by atoms with Gasteiger partial charge in [0, 0.05) is 18.0 Å². The molecule has 82 valence electrons. The first-order valence-electron chi connectivity index (χ1n) is 4.86. The van der Waals surface area contributed by atoms with Crippen LogP contribution in [0.15, 0.2) is 24.3 Å². The molecule has 0 heterocycles. The number of hydrogen-bond donors (Lipinski definition) is 2. The van der Waals surface area contributed by atoms with E-state index in [2.05, 4.69) is 5.32 Å². The van der Waals surface area contributed by atoms with Gasteiger partial charge in [0.05, 0.1) is 5.75 Å². The van der Waals surface area contributed by atoms with Gasteiger partial charge in [-0.05, 0) is 24.6 Å². The smallest absolute Gasteiger partial charge is 0.234 e. The van der Waals surface area contributed by atoms with Gasteiger partial charge in [0.2, 0.25) is 5.91 Å². The van der Waals surface area contributed by atoms with E-state index in [1.165, 1.54) is 0 Å². The Bertz CT molecular complexity index is 328. The molecule has 4 heteroatoms. The van der Waals surface area contributed by atoms with Crippen molar-refractivity contribution in [2.24, 2.45) is 5.73 Å². The molecule has 0 aromatic heterocycles. The Morgan fingerprint density at radius 1 is 1.53 bits per heavy atom. The molecule has 1 aromatic rings. The maximum atomic E-state index is 11.4. The fourth-order valence-corrected chi connectivity index (χ4v) is 1.74. The number of nitrogens with one attached hydrogen (secondary N) is 1. The summed E-state index contributed by atoms with van der Waals surface area (Å²) in [5.41, 5.74) is 7.33. The normalized spacial score (nSPS) is 10.0. The van der Waals surface area contributed by atoms with Crippen molar-refractivity contribution in [3.8, 4) is 0 Å². The van der Waals surface area contributed by atoms with E-state index in [4.69, 9.17) is 5.73 Å². The number of aryl methyl sites for hydroxylation is 1. The molecule has 3 nitrogen and oxygen atoms in total. The van der Waals surface area contributed by atoms with Crippen LogP contribution in [0.4, 0.5) is 5.69 Å². The quantitative estimate of drug-likeness (QED) is 0.747. The number of carbonyl (C=O) groups excluding carboxylic acids is 1. The van der Waals surface area contributed by atoms with Crippen LogP contribution < -0.4 is 11.1 Å². The Hall–Kier alpha value is -1.00. The van der Waals surface area contributed by atoms with E-state index in [1.807, 2.05) is 31.2 Å². The second-order valence-electron chi connectivity index (χ2n) is 3.26. The van der Waals surface area contributed by atoms with Crippen molar-refractivity contribution in [3.63, 3.8) is 0 Å². The fourth-order valence-electron chi connectivity index (χ4n) is 1.17. The molecule has 0 spiro atoms. The van der Waals surface area contributed by atoms with Gasteiger partial charge in [-0.25, -0.2) is 0 Å². The summed E-state index contributed by atoms with van der Waals surface area (Å²) < 4.78 is 0. The zero-order chi connectivity index (χ0) is 11.1. The van der Waals surface area contributed by atoms with Crippen molar-refractivity contribution in [3.05, 3.63) is 29.8 Å². The third-order valence-electron chi connectivity index (χ3n) is 1.80. The highest BCUT2D eigenvalue weighted by atomic mass is 32.2. The molecule has 0 aliphatic rings. The topological polar surface area (TPSA) is 55.1 Å². The van der Waals surface area contributed by atoms with Crippen molar-refractivity contribution < 1.29 is 4.79 Å². The summed E-state index contributed by atoms with van der Waals surface area (Å²) in [4.78, 5) is 11.4. The molecular weight excluding hydrogens is 208 g/mol. The average molecular weight is 224 g/mol. The van der Waals surface area contributed by atoms with Crippen LogP contribution in [0.5, 0.6) is 0 Å². The lowest BCUT2D eigenvalue weighted by atomic mass is 10.2. The highest BCUT2D eigenvalue weighted by molar-refractivity contribution is 7.99. The minimum absolute atomic E-state index is 0.0269. The third kappa shape index (κ3) is 4.85. The maximum Gasteiger partial charge on any atom is 0.234 e. The number of benzene rings is 1. The van der Waals surface area contributed by atoms with Crippen LogP contribution in [0, 0.1) is 6.92 Å². The minimum atomic E-state index is 0.0269. The summed E-state index contributed by atoms with van der Waals surface area (Å²) in [6, 6.07) is 7.76. The zero-order valence-corrected chi connectivity index (χ0v) is 9.64. The average Bonchev–Trinajstić information content (AvgIpc) is 2.18. The zero-order valence-electron chi connectivity index (χ0n) is 8.82. The summed E-state index contributed by atoms with van der Waals surface area (Å²) in [5.74, 6) is 1.31. The van der Waals surface area contributed by atoms with Gasteiger partial charge in [-0.2, -0.15) is 11.8 Å². The summed E-state index contributed by atoms with van der Waals surface area (Å²) in [6.45, 7) is 2.61. The number of hydrogen-bond acceptors (Lipinski definition) is 3. The lowest BCUT2D eigenvalue weighted by Gasteiger charge is -2.05. The summed E-state index contributed by atoms with van der Waals surface area (Å²) in [5, 5.41) is 2.84. The monoisotopic (exact) mass is 224 g/mol. The molecule has 1 aromatic carbocycles. The molecule has 15 heavy (non-hydrogen) atoms. The van der Waals surface area contributed by atoms with Crippen LogP contribution >= 0.6 is 11.8 Å². The van der Waals surface area contributed by atoms with E-state index >= 15 is 0 Å². The molecule has 1 amide bonds. The molecule has 3 N–H and O–H groups in total.